The summed E-state index contributed by atoms with van der Waals surface area (Å²) < 4.78 is 18.2. The summed E-state index contributed by atoms with van der Waals surface area (Å²) in [5, 5.41) is 2.84. The number of carbonyl (C=O) groups is 1. The maximum absolute atomic E-state index is 13.3. The fraction of sp³-hybridized carbons (Fsp3) is 0.533. The lowest BCUT2D eigenvalue weighted by Gasteiger charge is -2.33. The van der Waals surface area contributed by atoms with E-state index in [1.54, 1.807) is 0 Å². The fourth-order valence-corrected chi connectivity index (χ4v) is 2.59. The summed E-state index contributed by atoms with van der Waals surface area (Å²) in [7, 11) is 1.37. The van der Waals surface area contributed by atoms with Crippen molar-refractivity contribution in [3.63, 3.8) is 0 Å². The maximum atomic E-state index is 13.3. The third-order valence-electron chi connectivity index (χ3n) is 3.86. The Hall–Kier alpha value is -1.62. The summed E-state index contributed by atoms with van der Waals surface area (Å²) in [6.45, 7) is 0.450. The first-order chi connectivity index (χ1) is 9.54. The number of nitrogens with one attached hydrogen (secondary N) is 1. The highest BCUT2D eigenvalue weighted by atomic mass is 19.1. The van der Waals surface area contributed by atoms with E-state index in [0.717, 1.165) is 25.7 Å². The Labute approximate surface area is 118 Å². The van der Waals surface area contributed by atoms with E-state index in [-0.39, 0.29) is 17.2 Å². The fourth-order valence-electron chi connectivity index (χ4n) is 2.59. The van der Waals surface area contributed by atoms with Gasteiger partial charge in [-0.15, -0.1) is 0 Å². The highest BCUT2D eigenvalue weighted by Crippen LogP contribution is 2.25. The van der Waals surface area contributed by atoms with E-state index in [0.29, 0.717) is 12.1 Å². The van der Waals surface area contributed by atoms with Crippen LogP contribution in [-0.2, 0) is 0 Å². The first-order valence-electron chi connectivity index (χ1n) is 6.95. The molecular formula is C15H21FN2O2. The molecule has 0 spiro atoms. The molecular weight excluding hydrogens is 259 g/mol. The van der Waals surface area contributed by atoms with Crippen LogP contribution in [0.4, 0.5) is 4.39 Å². The molecule has 0 saturated heterocycles. The molecule has 0 heterocycles. The molecule has 3 N–H and O–H groups in total. The van der Waals surface area contributed by atoms with Crippen LogP contribution in [0.1, 0.15) is 42.5 Å². The average Bonchev–Trinajstić information content (AvgIpc) is 2.46. The van der Waals surface area contributed by atoms with E-state index in [1.165, 1.54) is 31.7 Å². The molecule has 1 aliphatic rings. The van der Waals surface area contributed by atoms with Gasteiger partial charge in [-0.1, -0.05) is 19.3 Å². The van der Waals surface area contributed by atoms with Crippen LogP contribution in [0.25, 0.3) is 0 Å². The molecule has 0 aliphatic heterocycles. The average molecular weight is 280 g/mol. The Morgan fingerprint density at radius 3 is 2.75 bits per heavy atom. The van der Waals surface area contributed by atoms with Crippen molar-refractivity contribution in [2.45, 2.75) is 37.6 Å². The lowest BCUT2D eigenvalue weighted by molar-refractivity contribution is 0.0937. The second-order valence-electron chi connectivity index (χ2n) is 5.46. The Bertz CT molecular complexity index is 485. The first kappa shape index (κ1) is 14.8. The van der Waals surface area contributed by atoms with Crippen LogP contribution in [0.3, 0.4) is 0 Å². The molecule has 1 fully saturated rings. The topological polar surface area (TPSA) is 64.3 Å². The van der Waals surface area contributed by atoms with Gasteiger partial charge in [-0.05, 0) is 31.0 Å². The summed E-state index contributed by atoms with van der Waals surface area (Å²) in [4.78, 5) is 12.1. The van der Waals surface area contributed by atoms with Crippen molar-refractivity contribution in [3.05, 3.63) is 29.6 Å². The molecule has 0 atom stereocenters. The zero-order valence-electron chi connectivity index (χ0n) is 11.7. The minimum Gasteiger partial charge on any atom is -0.494 e. The quantitative estimate of drug-likeness (QED) is 0.889. The van der Waals surface area contributed by atoms with Gasteiger partial charge < -0.3 is 15.8 Å². The molecule has 0 aromatic heterocycles. The minimum atomic E-state index is -0.480. The van der Waals surface area contributed by atoms with Crippen molar-refractivity contribution in [3.8, 4) is 5.75 Å². The van der Waals surface area contributed by atoms with Gasteiger partial charge >= 0.3 is 0 Å². The highest BCUT2D eigenvalue weighted by Gasteiger charge is 2.27. The molecule has 1 aromatic rings. The molecule has 5 heteroatoms. The number of rotatable bonds is 4. The van der Waals surface area contributed by atoms with Crippen molar-refractivity contribution in [2.75, 3.05) is 13.7 Å². The zero-order chi connectivity index (χ0) is 14.6. The van der Waals surface area contributed by atoms with Crippen molar-refractivity contribution >= 4 is 5.91 Å². The highest BCUT2D eigenvalue weighted by molar-refractivity contribution is 5.94. The third kappa shape index (κ3) is 3.48. The second-order valence-corrected chi connectivity index (χ2v) is 5.46. The van der Waals surface area contributed by atoms with Crippen LogP contribution in [0.2, 0.25) is 0 Å². The zero-order valence-corrected chi connectivity index (χ0v) is 11.7. The van der Waals surface area contributed by atoms with Gasteiger partial charge in [0.05, 0.1) is 7.11 Å². The number of amides is 1. The van der Waals surface area contributed by atoms with Gasteiger partial charge in [0, 0.05) is 17.6 Å². The number of halogens is 1. The van der Waals surface area contributed by atoms with E-state index in [9.17, 15) is 9.18 Å². The van der Waals surface area contributed by atoms with Gasteiger partial charge in [0.15, 0.2) is 11.6 Å². The molecule has 20 heavy (non-hydrogen) atoms. The molecule has 1 aromatic carbocycles. The van der Waals surface area contributed by atoms with Crippen molar-refractivity contribution in [1.82, 2.24) is 5.32 Å². The first-order valence-corrected chi connectivity index (χ1v) is 6.95. The van der Waals surface area contributed by atoms with Crippen LogP contribution in [0.15, 0.2) is 18.2 Å². The number of benzene rings is 1. The molecule has 2 rings (SSSR count). The Kier molecular flexibility index (Phi) is 4.60. The van der Waals surface area contributed by atoms with Crippen LogP contribution in [0, 0.1) is 5.82 Å². The van der Waals surface area contributed by atoms with Crippen molar-refractivity contribution < 1.29 is 13.9 Å². The summed E-state index contributed by atoms with van der Waals surface area (Å²) in [5.74, 6) is -0.664. The lowest BCUT2D eigenvalue weighted by atomic mass is 9.82. The van der Waals surface area contributed by atoms with Gasteiger partial charge in [0.1, 0.15) is 0 Å². The monoisotopic (exact) mass is 280 g/mol. The maximum Gasteiger partial charge on any atom is 0.251 e. The van der Waals surface area contributed by atoms with Crippen LogP contribution >= 0.6 is 0 Å². The van der Waals surface area contributed by atoms with Gasteiger partial charge in [-0.3, -0.25) is 4.79 Å². The summed E-state index contributed by atoms with van der Waals surface area (Å²) in [6, 6.07) is 4.07. The lowest BCUT2D eigenvalue weighted by Crippen LogP contribution is -2.51. The molecule has 0 unspecified atom stereocenters. The van der Waals surface area contributed by atoms with E-state index in [4.69, 9.17) is 10.5 Å². The molecule has 0 radical (unpaired) electrons. The molecule has 1 amide bonds. The van der Waals surface area contributed by atoms with E-state index in [1.807, 2.05) is 0 Å². The Balaban J connectivity index is 1.98. The Morgan fingerprint density at radius 1 is 1.40 bits per heavy atom. The number of hydrogen-bond donors (Lipinski definition) is 2. The molecule has 110 valence electrons. The summed E-state index contributed by atoms with van der Waals surface area (Å²) in [6.07, 6.45) is 5.29. The largest absolute Gasteiger partial charge is 0.494 e. The number of hydrogen-bond acceptors (Lipinski definition) is 3. The van der Waals surface area contributed by atoms with Crippen molar-refractivity contribution in [1.29, 1.82) is 0 Å². The number of nitrogens with two attached hydrogens (primary N) is 1. The number of methoxy groups -OCH3 is 1. The third-order valence-corrected chi connectivity index (χ3v) is 3.86. The number of ether oxygens (including phenoxy) is 1. The SMILES string of the molecule is COc1cc(C(=O)NCC2(N)CCCCC2)ccc1F. The van der Waals surface area contributed by atoms with E-state index < -0.39 is 5.82 Å². The standard InChI is InChI=1S/C15H21FN2O2/c1-20-13-9-11(5-6-12(13)16)14(19)18-10-15(17)7-3-2-4-8-15/h5-6,9H,2-4,7-8,10,17H2,1H3,(H,18,19). The van der Waals surface area contributed by atoms with Gasteiger partial charge in [-0.2, -0.15) is 0 Å². The summed E-state index contributed by atoms with van der Waals surface area (Å²) in [5.41, 5.74) is 6.34. The van der Waals surface area contributed by atoms with Gasteiger partial charge in [-0.25, -0.2) is 4.39 Å². The van der Waals surface area contributed by atoms with E-state index >= 15 is 0 Å². The van der Waals surface area contributed by atoms with Gasteiger partial charge in [0.2, 0.25) is 0 Å². The Morgan fingerprint density at radius 2 is 2.10 bits per heavy atom. The van der Waals surface area contributed by atoms with Crippen LogP contribution in [-0.4, -0.2) is 25.1 Å². The smallest absolute Gasteiger partial charge is 0.251 e. The van der Waals surface area contributed by atoms with Gasteiger partial charge in [0.25, 0.3) is 5.91 Å². The van der Waals surface area contributed by atoms with E-state index in [2.05, 4.69) is 5.32 Å². The predicted octanol–water partition coefficient (Wildman–Crippen LogP) is 2.23. The number of carbonyl (C=O) groups excluding carboxylic acids is 1. The van der Waals surface area contributed by atoms with Crippen LogP contribution < -0.4 is 15.8 Å². The van der Waals surface area contributed by atoms with Crippen molar-refractivity contribution in [2.24, 2.45) is 5.73 Å². The molecule has 1 aliphatic carbocycles. The summed E-state index contributed by atoms with van der Waals surface area (Å²) >= 11 is 0. The normalized spacial score (nSPS) is 17.6. The predicted molar refractivity (Wildman–Crippen MR) is 75.3 cm³/mol. The van der Waals surface area contributed by atoms with Crippen LogP contribution in [0.5, 0.6) is 5.75 Å². The minimum absolute atomic E-state index is 0.0674. The molecule has 4 nitrogen and oxygen atoms in total. The second kappa shape index (κ2) is 6.22. The molecule has 0 bridgehead atoms. The molecule has 1 saturated carbocycles.